The summed E-state index contributed by atoms with van der Waals surface area (Å²) in [4.78, 5) is 37.4. The minimum atomic E-state index is -2.72. The largest absolute Gasteiger partial charge is 0.480 e. The van der Waals surface area contributed by atoms with Gasteiger partial charge >= 0.3 is 5.97 Å². The van der Waals surface area contributed by atoms with Gasteiger partial charge in [0, 0.05) is 13.8 Å². The zero-order chi connectivity index (χ0) is 96.9. The monoisotopic (exact) mass is 1940 g/mol. The molecule has 55 unspecified atom stereocenters. The molecule has 36 N–H and O–H groups in total. The zero-order valence-electron chi connectivity index (χ0n) is 69.8. The second kappa shape index (κ2) is 47.7. The maximum absolute atomic E-state index is 13.2. The molecular formula is C72H121N3O57. The van der Waals surface area contributed by atoms with Gasteiger partial charge in [-0.1, -0.05) is 0 Å². The number of aliphatic hydroxyl groups excluding tert-OH is 32. The first-order chi connectivity index (χ1) is 62.5. The van der Waals surface area contributed by atoms with Crippen molar-refractivity contribution in [2.45, 2.75) is 351 Å². The highest BCUT2D eigenvalue weighted by Gasteiger charge is 2.63. The van der Waals surface area contributed by atoms with E-state index in [1.54, 1.807) is 0 Å². The number of aliphatic hydroxyl groups is 32. The standard InChI is InChI=1S/C72H121N3O57/c1-15(85)74-29-40(98)54(24(11-83)114-62(29)73-3-28(87)88)125-63-30(75-16(2)86)41(99)55(25(12-84)122-63)126-68-53(111)57(128-71-61(48(106)37(95)22(9-81)120-71)132-72-60(47(105)36(94)23(10-82)121-72)131-67-51(109)44(102)33(91)19(6-78)117-67)39(97)27(124-68)13-112-64-52(110)56(127-70-59(46(104)35(93)21(8-80)119-70)130-66-50(108)43(101)32(90)18(5-77)116-66)38(96)26(123-64)14-113-69-58(45(103)34(92)20(7-79)118-69)129-65-49(107)42(100)31(89)17(4-76)115-65/h17-27,29-73,76-84,89-111H,3-14H2,1-2H3,(H,74,85)(H,75,86)(H,87,88). The average molecular weight is 1940 g/mol. The van der Waals surface area contributed by atoms with Crippen LogP contribution < -0.4 is 16.0 Å². The molecule has 0 saturated carbocycles. The number of aliphatic carboxylic acids is 1. The molecule has 766 valence electrons. The molecule has 11 rings (SSSR count). The van der Waals surface area contributed by atoms with Gasteiger partial charge in [0.25, 0.3) is 0 Å². The van der Waals surface area contributed by atoms with Gasteiger partial charge in [0.15, 0.2) is 62.9 Å². The van der Waals surface area contributed by atoms with E-state index in [-0.39, 0.29) is 0 Å². The Morgan fingerprint density at radius 2 is 0.470 bits per heavy atom. The van der Waals surface area contributed by atoms with Crippen molar-refractivity contribution in [2.24, 2.45) is 0 Å². The van der Waals surface area contributed by atoms with Crippen molar-refractivity contribution in [3.8, 4) is 0 Å². The summed E-state index contributed by atoms with van der Waals surface area (Å²) in [6, 6.07) is -3.67. The van der Waals surface area contributed by atoms with Crippen molar-refractivity contribution in [2.75, 3.05) is 79.2 Å². The van der Waals surface area contributed by atoms with E-state index in [4.69, 9.17) is 99.5 Å². The summed E-state index contributed by atoms with van der Waals surface area (Å²) in [6.45, 7) is -11.9. The van der Waals surface area contributed by atoms with Gasteiger partial charge < -0.3 is 279 Å². The lowest BCUT2D eigenvalue weighted by molar-refractivity contribution is -0.408. The molecule has 11 heterocycles. The molecule has 132 heavy (non-hydrogen) atoms. The minimum Gasteiger partial charge on any atom is -0.480 e. The summed E-state index contributed by atoms with van der Waals surface area (Å²) in [5, 5.41) is 375. The van der Waals surface area contributed by atoms with Crippen LogP contribution in [0, 0.1) is 0 Å². The van der Waals surface area contributed by atoms with Crippen LogP contribution in [-0.4, -0.2) is 603 Å². The van der Waals surface area contributed by atoms with E-state index in [2.05, 4.69) is 16.0 Å². The van der Waals surface area contributed by atoms with Gasteiger partial charge in [0.1, 0.15) is 269 Å². The van der Waals surface area contributed by atoms with E-state index in [1.165, 1.54) is 0 Å². The quantitative estimate of drug-likeness (QED) is 0.0277. The summed E-state index contributed by atoms with van der Waals surface area (Å²) < 4.78 is 124. The first-order valence-electron chi connectivity index (χ1n) is 41.9. The van der Waals surface area contributed by atoms with Gasteiger partial charge in [-0.15, -0.1) is 0 Å². The molecule has 0 aromatic heterocycles. The Morgan fingerprint density at radius 3 is 0.818 bits per heavy atom. The SMILES string of the molecule is CC(=O)NC1C(NCC(=O)O)OC(CO)C(OC2OC(CO)C(OC3OC(COC4OC(COC5OC(CO)C(O)C(O)C5OC5OC(CO)C(O)C(O)C5O)C(O)C(OC5OC(CO)C(O)C(O)C5OC5OC(CO)C(O)C(O)C5O)C4O)C(O)C(OC4OC(CO)C(O)C(O)C4OC4OC(CO)C(O)C(O)C4OC4OC(CO)C(O)C(O)C4O)C3O)C(O)C2NC(C)=O)C1O. The topological polar surface area (TPSA) is 949 Å². The molecule has 0 aromatic rings. The van der Waals surface area contributed by atoms with Gasteiger partial charge in [-0.25, -0.2) is 0 Å². The van der Waals surface area contributed by atoms with Crippen LogP contribution in [0.15, 0.2) is 0 Å². The zero-order valence-corrected chi connectivity index (χ0v) is 69.8. The molecule has 11 fully saturated rings. The maximum atomic E-state index is 13.2. The number of hydrogen-bond acceptors (Lipinski definition) is 57. The number of carboxylic acids is 1. The Labute approximate surface area is 744 Å². The molecule has 0 bridgehead atoms. The van der Waals surface area contributed by atoms with Crippen LogP contribution in [0.5, 0.6) is 0 Å². The highest BCUT2D eigenvalue weighted by Crippen LogP contribution is 2.42. The summed E-state index contributed by atoms with van der Waals surface area (Å²) in [7, 11) is 0. The third-order valence-electron chi connectivity index (χ3n) is 24.3. The van der Waals surface area contributed by atoms with E-state index in [1.807, 2.05) is 0 Å². The number of rotatable bonds is 36. The first kappa shape index (κ1) is 109. The number of carboxylic acid groups (broad SMARTS) is 1. The molecule has 0 aliphatic carbocycles. The Balaban J connectivity index is 0.964. The summed E-state index contributed by atoms with van der Waals surface area (Å²) in [5.41, 5.74) is 0. The fourth-order valence-electron chi connectivity index (χ4n) is 16.8. The van der Waals surface area contributed by atoms with Crippen molar-refractivity contribution in [1.82, 2.24) is 16.0 Å². The van der Waals surface area contributed by atoms with Crippen LogP contribution in [0.3, 0.4) is 0 Å². The van der Waals surface area contributed by atoms with Crippen LogP contribution in [0.1, 0.15) is 13.8 Å². The third-order valence-corrected chi connectivity index (χ3v) is 24.3. The van der Waals surface area contributed by atoms with Crippen LogP contribution in [0.25, 0.3) is 0 Å². The molecule has 60 heteroatoms. The normalized spacial score (nSPS) is 50.5. The number of ether oxygens (including phenoxy) is 21. The minimum absolute atomic E-state index is 0.830. The fourth-order valence-corrected chi connectivity index (χ4v) is 16.8. The lowest BCUT2D eigenvalue weighted by Gasteiger charge is -2.51. The van der Waals surface area contributed by atoms with Crippen LogP contribution in [-0.2, 0) is 114 Å². The highest BCUT2D eigenvalue weighted by atomic mass is 16.8. The molecular weight excluding hydrogens is 1820 g/mol. The Kier molecular flexibility index (Phi) is 39.2. The smallest absolute Gasteiger partial charge is 0.317 e. The molecule has 0 radical (unpaired) electrons. The van der Waals surface area contributed by atoms with Crippen LogP contribution >= 0.6 is 0 Å². The summed E-state index contributed by atoms with van der Waals surface area (Å²) in [5.74, 6) is -3.30. The molecule has 11 saturated heterocycles. The van der Waals surface area contributed by atoms with E-state index in [0.717, 1.165) is 13.8 Å². The van der Waals surface area contributed by atoms with Crippen molar-refractivity contribution in [3.05, 3.63) is 0 Å². The number of carbonyl (C=O) groups excluding carboxylic acids is 2. The fraction of sp³-hybridized carbons (Fsp3) is 0.958. The number of amides is 2. The lowest BCUT2D eigenvalue weighted by atomic mass is 9.93. The van der Waals surface area contributed by atoms with E-state index >= 15 is 0 Å². The lowest BCUT2D eigenvalue weighted by Crippen LogP contribution is -2.71. The summed E-state index contributed by atoms with van der Waals surface area (Å²) >= 11 is 0. The predicted octanol–water partition coefficient (Wildman–Crippen LogP) is -25.0. The average Bonchev–Trinajstić information content (AvgIpc) is 0.730. The van der Waals surface area contributed by atoms with Gasteiger partial charge in [-0.05, 0) is 0 Å². The molecule has 11 aliphatic heterocycles. The molecule has 0 spiro atoms. The van der Waals surface area contributed by atoms with Gasteiger partial charge in [-0.2, -0.15) is 0 Å². The highest BCUT2D eigenvalue weighted by molar-refractivity contribution is 5.74. The van der Waals surface area contributed by atoms with E-state index in [0.29, 0.717) is 0 Å². The van der Waals surface area contributed by atoms with Gasteiger partial charge in [0.2, 0.25) is 11.8 Å². The third kappa shape index (κ3) is 23.7. The Bertz CT molecular complexity index is 3540. The molecule has 0 aromatic carbocycles. The second-order valence-electron chi connectivity index (χ2n) is 33.2. The van der Waals surface area contributed by atoms with Crippen molar-refractivity contribution in [1.29, 1.82) is 0 Å². The van der Waals surface area contributed by atoms with Crippen molar-refractivity contribution in [3.63, 3.8) is 0 Å². The van der Waals surface area contributed by atoms with Crippen molar-refractivity contribution < 1.29 is 282 Å². The van der Waals surface area contributed by atoms with Crippen LogP contribution in [0.4, 0.5) is 0 Å². The predicted molar refractivity (Wildman–Crippen MR) is 399 cm³/mol. The molecule has 2 amide bonds. The van der Waals surface area contributed by atoms with Crippen LogP contribution in [0.2, 0.25) is 0 Å². The van der Waals surface area contributed by atoms with E-state index in [9.17, 15) is 183 Å². The Hall–Kier alpha value is -3.75. The maximum Gasteiger partial charge on any atom is 0.317 e. The van der Waals surface area contributed by atoms with Gasteiger partial charge in [-0.3, -0.25) is 19.7 Å². The number of hydrogen-bond donors (Lipinski definition) is 36. The Morgan fingerprint density at radius 1 is 0.227 bits per heavy atom. The molecule has 55 atom stereocenters. The number of carbonyl (C=O) groups is 3. The summed E-state index contributed by atoms with van der Waals surface area (Å²) in [6.07, 6.45) is -118. The molecule has 11 aliphatic rings. The van der Waals surface area contributed by atoms with E-state index < -0.39 is 435 Å². The second-order valence-corrected chi connectivity index (χ2v) is 33.2. The van der Waals surface area contributed by atoms with Gasteiger partial charge in [0.05, 0.1) is 85.3 Å². The molecule has 60 nitrogen and oxygen atoms in total. The first-order valence-corrected chi connectivity index (χ1v) is 41.9. The number of nitrogens with one attached hydrogen (secondary N) is 3. The van der Waals surface area contributed by atoms with Crippen molar-refractivity contribution >= 4 is 17.8 Å².